The molecule has 2 N–H and O–H groups in total. The van der Waals surface area contributed by atoms with Crippen molar-refractivity contribution < 1.29 is 28.2 Å². The first-order valence-corrected chi connectivity index (χ1v) is 10.8. The molecule has 2 aromatic carbocycles. The fourth-order valence-corrected chi connectivity index (χ4v) is 4.22. The summed E-state index contributed by atoms with van der Waals surface area (Å²) in [6.45, 7) is 0.237. The van der Waals surface area contributed by atoms with E-state index in [1.807, 2.05) is 0 Å². The van der Waals surface area contributed by atoms with Crippen LogP contribution in [0.15, 0.2) is 42.5 Å². The molecule has 1 saturated heterocycles. The average molecular weight is 455 g/mol. The van der Waals surface area contributed by atoms with E-state index in [-0.39, 0.29) is 43.1 Å². The lowest BCUT2D eigenvalue weighted by Crippen LogP contribution is -2.53. The summed E-state index contributed by atoms with van der Waals surface area (Å²) < 4.78 is 25.1. The number of benzene rings is 2. The van der Waals surface area contributed by atoms with E-state index in [2.05, 4.69) is 10.6 Å². The Balaban J connectivity index is 1.51. The van der Waals surface area contributed by atoms with Crippen LogP contribution in [0.3, 0.4) is 0 Å². The van der Waals surface area contributed by atoms with E-state index in [0.717, 1.165) is 0 Å². The zero-order chi connectivity index (χ0) is 23.5. The normalized spacial score (nSPS) is 22.2. The van der Waals surface area contributed by atoms with E-state index < -0.39 is 11.7 Å². The van der Waals surface area contributed by atoms with E-state index in [0.29, 0.717) is 35.4 Å². The van der Waals surface area contributed by atoms with Gasteiger partial charge in [0.2, 0.25) is 5.91 Å². The standard InChI is InChI=1S/C24H26FN3O5/c1-26-22(29)12-17-8-9-19-21(33-17)13-32-20-10-7-16(11-18(20)24(31)28(19)2)27-23(30)14-3-5-15(25)6-4-14/h3-7,10-11,17,19,21H,8-9,12-13H2,1-2H3,(H,26,29)(H,27,30)/t17-,19-,21+/m1/s1. The summed E-state index contributed by atoms with van der Waals surface area (Å²) in [7, 11) is 3.31. The van der Waals surface area contributed by atoms with Crippen LogP contribution < -0.4 is 15.4 Å². The van der Waals surface area contributed by atoms with Gasteiger partial charge in [0.1, 0.15) is 24.3 Å². The molecule has 4 rings (SSSR count). The van der Waals surface area contributed by atoms with Gasteiger partial charge in [0.05, 0.1) is 24.1 Å². The van der Waals surface area contributed by atoms with Crippen molar-refractivity contribution >= 4 is 23.4 Å². The largest absolute Gasteiger partial charge is 0.490 e. The van der Waals surface area contributed by atoms with E-state index >= 15 is 0 Å². The van der Waals surface area contributed by atoms with Crippen LogP contribution in [-0.4, -0.2) is 61.6 Å². The molecule has 0 bridgehead atoms. The maximum atomic E-state index is 13.3. The van der Waals surface area contributed by atoms with Crippen LogP contribution in [0, 0.1) is 5.82 Å². The van der Waals surface area contributed by atoms with Gasteiger partial charge >= 0.3 is 0 Å². The summed E-state index contributed by atoms with van der Waals surface area (Å²) in [5, 5.41) is 5.34. The van der Waals surface area contributed by atoms with E-state index in [4.69, 9.17) is 9.47 Å². The number of ether oxygens (including phenoxy) is 2. The lowest BCUT2D eigenvalue weighted by Gasteiger charge is -2.42. The molecule has 3 amide bonds. The topological polar surface area (TPSA) is 97.0 Å². The number of amides is 3. The number of halogens is 1. The van der Waals surface area contributed by atoms with Gasteiger partial charge in [0.25, 0.3) is 11.8 Å². The summed E-state index contributed by atoms with van der Waals surface area (Å²) in [5.41, 5.74) is 1.06. The van der Waals surface area contributed by atoms with Gasteiger partial charge in [-0.3, -0.25) is 14.4 Å². The molecule has 2 heterocycles. The van der Waals surface area contributed by atoms with Gasteiger partial charge < -0.3 is 25.0 Å². The van der Waals surface area contributed by atoms with Crippen LogP contribution in [0.2, 0.25) is 0 Å². The van der Waals surface area contributed by atoms with E-state index in [1.165, 1.54) is 24.3 Å². The minimum atomic E-state index is -0.427. The molecule has 0 aromatic heterocycles. The minimum absolute atomic E-state index is 0.0878. The molecule has 0 unspecified atom stereocenters. The number of fused-ring (bicyclic) bond motifs is 2. The van der Waals surface area contributed by atoms with Crippen molar-refractivity contribution in [2.45, 2.75) is 37.5 Å². The number of carbonyl (C=O) groups excluding carboxylic acids is 3. The predicted molar refractivity (Wildman–Crippen MR) is 119 cm³/mol. The minimum Gasteiger partial charge on any atom is -0.490 e. The van der Waals surface area contributed by atoms with Gasteiger partial charge in [-0.05, 0) is 55.3 Å². The van der Waals surface area contributed by atoms with Crippen LogP contribution >= 0.6 is 0 Å². The van der Waals surface area contributed by atoms with Crippen molar-refractivity contribution in [3.05, 3.63) is 59.4 Å². The molecule has 2 aromatic rings. The lowest BCUT2D eigenvalue weighted by molar-refractivity contribution is -0.133. The Morgan fingerprint density at radius 1 is 1.15 bits per heavy atom. The lowest BCUT2D eigenvalue weighted by atomic mass is 9.94. The summed E-state index contributed by atoms with van der Waals surface area (Å²) >= 11 is 0. The van der Waals surface area contributed by atoms with Crippen molar-refractivity contribution in [1.29, 1.82) is 0 Å². The molecule has 2 aliphatic rings. The summed E-state index contributed by atoms with van der Waals surface area (Å²) in [4.78, 5) is 39.1. The average Bonchev–Trinajstić information content (AvgIpc) is 2.82. The SMILES string of the molecule is CNC(=O)C[C@H]1CC[C@@H]2[C@H](COc3ccc(NC(=O)c4ccc(F)cc4)cc3C(=O)N2C)O1. The second-order valence-electron chi connectivity index (χ2n) is 8.22. The van der Waals surface area contributed by atoms with Crippen molar-refractivity contribution in [1.82, 2.24) is 10.2 Å². The van der Waals surface area contributed by atoms with Crippen molar-refractivity contribution in [3.63, 3.8) is 0 Å². The Kier molecular flexibility index (Phi) is 6.60. The molecule has 33 heavy (non-hydrogen) atoms. The molecular formula is C24H26FN3O5. The van der Waals surface area contributed by atoms with E-state index in [1.54, 1.807) is 37.2 Å². The van der Waals surface area contributed by atoms with Crippen LogP contribution in [0.1, 0.15) is 40.0 Å². The zero-order valence-corrected chi connectivity index (χ0v) is 18.5. The Morgan fingerprint density at radius 3 is 2.64 bits per heavy atom. The van der Waals surface area contributed by atoms with E-state index in [9.17, 15) is 18.8 Å². The maximum Gasteiger partial charge on any atom is 0.257 e. The summed E-state index contributed by atoms with van der Waals surface area (Å²) in [6.07, 6.45) is 1.04. The predicted octanol–water partition coefficient (Wildman–Crippen LogP) is 2.59. The fourth-order valence-electron chi connectivity index (χ4n) is 4.22. The van der Waals surface area contributed by atoms with Gasteiger partial charge in [0.15, 0.2) is 0 Å². The fraction of sp³-hybridized carbons (Fsp3) is 0.375. The monoisotopic (exact) mass is 455 g/mol. The highest BCUT2D eigenvalue weighted by molar-refractivity contribution is 6.05. The first kappa shape index (κ1) is 22.7. The van der Waals surface area contributed by atoms with Crippen LogP contribution in [0.5, 0.6) is 5.75 Å². The first-order valence-electron chi connectivity index (χ1n) is 10.8. The number of rotatable bonds is 4. The molecule has 1 fully saturated rings. The molecule has 8 nitrogen and oxygen atoms in total. The molecule has 3 atom stereocenters. The highest BCUT2D eigenvalue weighted by Gasteiger charge is 2.39. The Bertz CT molecular complexity index is 1060. The number of nitrogens with zero attached hydrogens (tertiary/aromatic N) is 1. The number of nitrogens with one attached hydrogen (secondary N) is 2. The molecule has 0 aliphatic carbocycles. The Morgan fingerprint density at radius 2 is 1.91 bits per heavy atom. The maximum absolute atomic E-state index is 13.3. The summed E-state index contributed by atoms with van der Waals surface area (Å²) in [5.74, 6) is -0.781. The molecule has 0 spiro atoms. The van der Waals surface area contributed by atoms with Gasteiger partial charge in [-0.1, -0.05) is 0 Å². The van der Waals surface area contributed by atoms with Crippen molar-refractivity contribution in [2.24, 2.45) is 0 Å². The number of hydrogen-bond donors (Lipinski definition) is 2. The number of anilines is 1. The number of likely N-dealkylation sites (N-methyl/N-ethyl adjacent to an activating group) is 1. The number of carbonyl (C=O) groups is 3. The van der Waals surface area contributed by atoms with Crippen molar-refractivity contribution in [3.8, 4) is 5.75 Å². The van der Waals surface area contributed by atoms with Crippen LogP contribution in [0.4, 0.5) is 10.1 Å². The molecule has 174 valence electrons. The molecule has 2 aliphatic heterocycles. The summed E-state index contributed by atoms with van der Waals surface area (Å²) in [6, 6.07) is 9.86. The third kappa shape index (κ3) is 4.98. The second-order valence-corrected chi connectivity index (χ2v) is 8.22. The smallest absolute Gasteiger partial charge is 0.257 e. The highest BCUT2D eigenvalue weighted by atomic mass is 19.1. The molecule has 0 saturated carbocycles. The second kappa shape index (κ2) is 9.58. The van der Waals surface area contributed by atoms with Gasteiger partial charge in [-0.15, -0.1) is 0 Å². The third-order valence-corrected chi connectivity index (χ3v) is 6.07. The van der Waals surface area contributed by atoms with Crippen molar-refractivity contribution in [2.75, 3.05) is 26.0 Å². The Hall–Kier alpha value is -3.46. The number of hydrogen-bond acceptors (Lipinski definition) is 5. The quantitative estimate of drug-likeness (QED) is 0.739. The van der Waals surface area contributed by atoms with Gasteiger partial charge in [-0.25, -0.2) is 4.39 Å². The van der Waals surface area contributed by atoms with Crippen LogP contribution in [0.25, 0.3) is 0 Å². The molecular weight excluding hydrogens is 429 g/mol. The van der Waals surface area contributed by atoms with Gasteiger partial charge in [0, 0.05) is 25.3 Å². The van der Waals surface area contributed by atoms with Gasteiger partial charge in [-0.2, -0.15) is 0 Å². The molecule has 9 heteroatoms. The van der Waals surface area contributed by atoms with Crippen LogP contribution in [-0.2, 0) is 9.53 Å². The highest BCUT2D eigenvalue weighted by Crippen LogP contribution is 2.32. The molecule has 0 radical (unpaired) electrons. The Labute approximate surface area is 191 Å². The first-order chi connectivity index (χ1) is 15.9. The third-order valence-electron chi connectivity index (χ3n) is 6.07. The zero-order valence-electron chi connectivity index (χ0n) is 18.5.